The molecule has 19 heavy (non-hydrogen) atoms. The molecule has 1 aromatic rings. The van der Waals surface area contributed by atoms with Crippen molar-refractivity contribution in [3.8, 4) is 0 Å². The molecule has 0 radical (unpaired) electrons. The molecule has 0 spiro atoms. The quantitative estimate of drug-likeness (QED) is 0.836. The normalized spacial score (nSPS) is 13.8. The molecular weight excluding hydrogens is 268 g/mol. The van der Waals surface area contributed by atoms with Crippen molar-refractivity contribution in [3.63, 3.8) is 0 Å². The number of esters is 1. The third kappa shape index (κ3) is 3.26. The van der Waals surface area contributed by atoms with Crippen LogP contribution >= 0.6 is 11.6 Å². The summed E-state index contributed by atoms with van der Waals surface area (Å²) in [7, 11) is 0. The van der Waals surface area contributed by atoms with Crippen LogP contribution in [0.5, 0.6) is 0 Å². The standard InChI is InChI=1S/C13H13ClN2O3/c1-2-8-3-4-9(7-10(8)14)15-13(18)16-11-5-6-19-12(11)17/h3-5,7H,2,6H2,1H3,(H2,15,16,18). The number of urea groups is 1. The number of aryl methyl sites for hydroxylation is 1. The van der Waals surface area contributed by atoms with Crippen LogP contribution < -0.4 is 10.6 Å². The van der Waals surface area contributed by atoms with Crippen molar-refractivity contribution in [3.05, 3.63) is 40.6 Å². The van der Waals surface area contributed by atoms with Crippen molar-refractivity contribution >= 4 is 29.3 Å². The molecular formula is C13H13ClN2O3. The van der Waals surface area contributed by atoms with Gasteiger partial charge in [0.05, 0.1) is 0 Å². The smallest absolute Gasteiger partial charge is 0.354 e. The first kappa shape index (κ1) is 13.4. The molecule has 0 saturated heterocycles. The van der Waals surface area contributed by atoms with Gasteiger partial charge in [0, 0.05) is 10.7 Å². The summed E-state index contributed by atoms with van der Waals surface area (Å²) < 4.78 is 4.67. The molecule has 0 atom stereocenters. The Kier molecular flexibility index (Phi) is 4.06. The lowest BCUT2D eigenvalue weighted by atomic mass is 10.1. The molecule has 0 unspecified atom stereocenters. The number of rotatable bonds is 3. The first-order valence-corrected chi connectivity index (χ1v) is 6.21. The first-order chi connectivity index (χ1) is 9.10. The molecule has 2 N–H and O–H groups in total. The van der Waals surface area contributed by atoms with Gasteiger partial charge < -0.3 is 15.4 Å². The number of amides is 2. The number of hydrogen-bond acceptors (Lipinski definition) is 3. The van der Waals surface area contributed by atoms with E-state index < -0.39 is 12.0 Å². The Bertz CT molecular complexity index is 555. The van der Waals surface area contributed by atoms with Gasteiger partial charge in [0.2, 0.25) is 0 Å². The monoisotopic (exact) mass is 280 g/mol. The van der Waals surface area contributed by atoms with Crippen LogP contribution in [-0.4, -0.2) is 18.6 Å². The maximum Gasteiger partial charge on any atom is 0.354 e. The molecule has 1 aliphatic rings. The van der Waals surface area contributed by atoms with Gasteiger partial charge in [-0.25, -0.2) is 9.59 Å². The van der Waals surface area contributed by atoms with E-state index in [4.69, 9.17) is 11.6 Å². The molecule has 6 heteroatoms. The topological polar surface area (TPSA) is 67.4 Å². The predicted molar refractivity (Wildman–Crippen MR) is 72.0 cm³/mol. The molecule has 1 aliphatic heterocycles. The summed E-state index contributed by atoms with van der Waals surface area (Å²) in [5.41, 5.74) is 1.72. The number of anilines is 1. The van der Waals surface area contributed by atoms with Crippen molar-refractivity contribution in [1.29, 1.82) is 0 Å². The van der Waals surface area contributed by atoms with E-state index in [0.717, 1.165) is 12.0 Å². The highest BCUT2D eigenvalue weighted by Gasteiger charge is 2.18. The van der Waals surface area contributed by atoms with Crippen LogP contribution in [0.3, 0.4) is 0 Å². The second-order valence-electron chi connectivity index (χ2n) is 3.96. The number of hydrogen-bond donors (Lipinski definition) is 2. The zero-order valence-corrected chi connectivity index (χ0v) is 11.1. The second-order valence-corrected chi connectivity index (χ2v) is 4.36. The molecule has 0 fully saturated rings. The Morgan fingerprint density at radius 3 is 2.79 bits per heavy atom. The Morgan fingerprint density at radius 1 is 1.42 bits per heavy atom. The van der Waals surface area contributed by atoms with Crippen LogP contribution in [-0.2, 0) is 16.0 Å². The van der Waals surface area contributed by atoms with Crippen LogP contribution in [0.4, 0.5) is 10.5 Å². The van der Waals surface area contributed by atoms with E-state index in [0.29, 0.717) is 10.7 Å². The van der Waals surface area contributed by atoms with Gasteiger partial charge in [0.15, 0.2) is 0 Å². The number of nitrogens with one attached hydrogen (secondary N) is 2. The predicted octanol–water partition coefficient (Wildman–Crippen LogP) is 2.46. The van der Waals surface area contributed by atoms with E-state index in [9.17, 15) is 9.59 Å². The summed E-state index contributed by atoms with van der Waals surface area (Å²) in [6.45, 7) is 2.19. The Morgan fingerprint density at radius 2 is 2.21 bits per heavy atom. The maximum atomic E-state index is 11.7. The van der Waals surface area contributed by atoms with Gasteiger partial charge in [-0.2, -0.15) is 0 Å². The fraction of sp³-hybridized carbons (Fsp3) is 0.231. The summed E-state index contributed by atoms with van der Waals surface area (Å²) in [6, 6.07) is 4.76. The molecule has 0 aliphatic carbocycles. The SMILES string of the molecule is CCc1ccc(NC(=O)NC2=CCOC2=O)cc1Cl. The summed E-state index contributed by atoms with van der Waals surface area (Å²) in [5, 5.41) is 5.61. The van der Waals surface area contributed by atoms with Gasteiger partial charge in [-0.15, -0.1) is 0 Å². The highest BCUT2D eigenvalue weighted by atomic mass is 35.5. The second kappa shape index (κ2) is 5.75. The molecule has 0 saturated carbocycles. The van der Waals surface area contributed by atoms with E-state index in [1.807, 2.05) is 13.0 Å². The molecule has 0 aromatic heterocycles. The third-order valence-electron chi connectivity index (χ3n) is 2.66. The number of carbonyl (C=O) groups is 2. The lowest BCUT2D eigenvalue weighted by Gasteiger charge is -2.08. The van der Waals surface area contributed by atoms with Gasteiger partial charge >= 0.3 is 12.0 Å². The third-order valence-corrected chi connectivity index (χ3v) is 3.01. The van der Waals surface area contributed by atoms with Gasteiger partial charge in [-0.3, -0.25) is 0 Å². The first-order valence-electron chi connectivity index (χ1n) is 5.84. The summed E-state index contributed by atoms with van der Waals surface area (Å²) in [6.07, 6.45) is 2.33. The average Bonchev–Trinajstić information content (AvgIpc) is 2.75. The molecule has 1 heterocycles. The van der Waals surface area contributed by atoms with Crippen molar-refractivity contribution < 1.29 is 14.3 Å². The summed E-state index contributed by atoms with van der Waals surface area (Å²) >= 11 is 6.05. The largest absolute Gasteiger partial charge is 0.457 e. The fourth-order valence-electron chi connectivity index (χ4n) is 1.66. The number of halogens is 1. The van der Waals surface area contributed by atoms with Gasteiger partial charge in [0.25, 0.3) is 0 Å². The van der Waals surface area contributed by atoms with E-state index in [-0.39, 0.29) is 12.3 Å². The highest BCUT2D eigenvalue weighted by Crippen LogP contribution is 2.21. The van der Waals surface area contributed by atoms with Gasteiger partial charge in [-0.1, -0.05) is 24.6 Å². The zero-order chi connectivity index (χ0) is 13.8. The van der Waals surface area contributed by atoms with E-state index in [1.54, 1.807) is 12.1 Å². The number of carbonyl (C=O) groups excluding carboxylic acids is 2. The zero-order valence-electron chi connectivity index (χ0n) is 10.3. The average molecular weight is 281 g/mol. The summed E-state index contributed by atoms with van der Waals surface area (Å²) in [4.78, 5) is 22.8. The lowest BCUT2D eigenvalue weighted by molar-refractivity contribution is -0.136. The lowest BCUT2D eigenvalue weighted by Crippen LogP contribution is -2.30. The molecule has 0 bridgehead atoms. The highest BCUT2D eigenvalue weighted by molar-refractivity contribution is 6.31. The number of ether oxygens (including phenoxy) is 1. The van der Waals surface area contributed by atoms with Crippen LogP contribution in [0, 0.1) is 0 Å². The van der Waals surface area contributed by atoms with Gasteiger partial charge in [0.1, 0.15) is 12.3 Å². The van der Waals surface area contributed by atoms with Crippen molar-refractivity contribution in [2.75, 3.05) is 11.9 Å². The number of cyclic esters (lactones) is 1. The van der Waals surface area contributed by atoms with E-state index in [2.05, 4.69) is 15.4 Å². The van der Waals surface area contributed by atoms with Gasteiger partial charge in [-0.05, 0) is 30.2 Å². The Labute approximate surface area is 115 Å². The van der Waals surface area contributed by atoms with Crippen LogP contribution in [0.1, 0.15) is 12.5 Å². The van der Waals surface area contributed by atoms with Crippen LogP contribution in [0.2, 0.25) is 5.02 Å². The van der Waals surface area contributed by atoms with Crippen LogP contribution in [0.15, 0.2) is 30.0 Å². The van der Waals surface area contributed by atoms with Crippen molar-refractivity contribution in [2.24, 2.45) is 0 Å². The molecule has 5 nitrogen and oxygen atoms in total. The van der Waals surface area contributed by atoms with Crippen molar-refractivity contribution in [1.82, 2.24) is 5.32 Å². The number of benzene rings is 1. The maximum absolute atomic E-state index is 11.7. The molecule has 2 amide bonds. The minimum atomic E-state index is -0.533. The molecule has 2 rings (SSSR count). The Balaban J connectivity index is 1.99. The van der Waals surface area contributed by atoms with Crippen molar-refractivity contribution in [2.45, 2.75) is 13.3 Å². The Hall–Kier alpha value is -2.01. The van der Waals surface area contributed by atoms with E-state index >= 15 is 0 Å². The molecule has 100 valence electrons. The molecule has 1 aromatic carbocycles. The fourth-order valence-corrected chi connectivity index (χ4v) is 1.97. The summed E-state index contributed by atoms with van der Waals surface area (Å²) in [5.74, 6) is -0.533. The van der Waals surface area contributed by atoms with E-state index in [1.165, 1.54) is 6.08 Å². The van der Waals surface area contributed by atoms with Crippen LogP contribution in [0.25, 0.3) is 0 Å². The minimum Gasteiger partial charge on any atom is -0.457 e. The minimum absolute atomic E-state index is 0.147.